The van der Waals surface area contributed by atoms with Crippen molar-refractivity contribution in [3.63, 3.8) is 0 Å². The SMILES string of the molecule is C[C@@H](N)CN1CCC2C(CCCN2C)C1. The van der Waals surface area contributed by atoms with E-state index in [2.05, 4.69) is 23.8 Å². The largest absolute Gasteiger partial charge is 0.327 e. The lowest BCUT2D eigenvalue weighted by Gasteiger charge is -2.46. The van der Waals surface area contributed by atoms with Crippen molar-refractivity contribution < 1.29 is 0 Å². The van der Waals surface area contributed by atoms with Crippen LogP contribution >= 0.6 is 0 Å². The van der Waals surface area contributed by atoms with Gasteiger partial charge in [0.15, 0.2) is 0 Å². The molecule has 0 aromatic rings. The number of fused-ring (bicyclic) bond motifs is 1. The third kappa shape index (κ3) is 2.71. The van der Waals surface area contributed by atoms with Gasteiger partial charge in [0.1, 0.15) is 0 Å². The molecule has 15 heavy (non-hydrogen) atoms. The van der Waals surface area contributed by atoms with Gasteiger partial charge in [-0.1, -0.05) is 0 Å². The summed E-state index contributed by atoms with van der Waals surface area (Å²) in [6.07, 6.45) is 4.14. The summed E-state index contributed by atoms with van der Waals surface area (Å²) in [7, 11) is 2.29. The average molecular weight is 211 g/mol. The topological polar surface area (TPSA) is 32.5 Å². The first-order chi connectivity index (χ1) is 7.16. The molecule has 0 amide bonds. The molecule has 2 rings (SSSR count). The molecule has 3 atom stereocenters. The molecular formula is C12H25N3. The predicted octanol–water partition coefficient (Wildman–Crippen LogP) is 0.750. The molecule has 2 N–H and O–H groups in total. The molecule has 0 aromatic heterocycles. The highest BCUT2D eigenvalue weighted by molar-refractivity contribution is 4.89. The molecule has 0 aromatic carbocycles. The average Bonchev–Trinajstić information content (AvgIpc) is 2.17. The maximum Gasteiger partial charge on any atom is 0.0145 e. The van der Waals surface area contributed by atoms with Crippen LogP contribution in [-0.4, -0.2) is 55.1 Å². The zero-order valence-electron chi connectivity index (χ0n) is 10.2. The summed E-state index contributed by atoms with van der Waals surface area (Å²) in [6, 6.07) is 1.17. The fraction of sp³-hybridized carbons (Fsp3) is 1.00. The zero-order valence-corrected chi connectivity index (χ0v) is 10.2. The second-order valence-corrected chi connectivity index (χ2v) is 5.48. The number of piperidine rings is 2. The summed E-state index contributed by atoms with van der Waals surface area (Å²) in [5, 5.41) is 0. The van der Waals surface area contributed by atoms with Crippen molar-refractivity contribution in [2.24, 2.45) is 11.7 Å². The molecule has 3 nitrogen and oxygen atoms in total. The molecule has 0 spiro atoms. The van der Waals surface area contributed by atoms with E-state index in [1.165, 1.54) is 38.9 Å². The van der Waals surface area contributed by atoms with Crippen LogP contribution in [0.25, 0.3) is 0 Å². The van der Waals surface area contributed by atoms with Gasteiger partial charge in [-0.05, 0) is 52.2 Å². The molecule has 88 valence electrons. The summed E-state index contributed by atoms with van der Waals surface area (Å²) in [5.41, 5.74) is 5.87. The molecule has 2 heterocycles. The smallest absolute Gasteiger partial charge is 0.0145 e. The van der Waals surface area contributed by atoms with Gasteiger partial charge in [0.05, 0.1) is 0 Å². The van der Waals surface area contributed by atoms with E-state index in [-0.39, 0.29) is 0 Å². The van der Waals surface area contributed by atoms with E-state index in [1.807, 2.05) is 0 Å². The molecule has 0 saturated carbocycles. The summed E-state index contributed by atoms with van der Waals surface area (Å²) in [6.45, 7) is 7.00. The van der Waals surface area contributed by atoms with Crippen LogP contribution in [-0.2, 0) is 0 Å². The van der Waals surface area contributed by atoms with E-state index in [4.69, 9.17) is 5.73 Å². The summed E-state index contributed by atoms with van der Waals surface area (Å²) >= 11 is 0. The van der Waals surface area contributed by atoms with Crippen molar-refractivity contribution in [1.29, 1.82) is 0 Å². The first-order valence-electron chi connectivity index (χ1n) is 6.35. The monoisotopic (exact) mass is 211 g/mol. The Morgan fingerprint density at radius 2 is 2.13 bits per heavy atom. The number of likely N-dealkylation sites (tertiary alicyclic amines) is 2. The van der Waals surface area contributed by atoms with Crippen molar-refractivity contribution in [2.75, 3.05) is 33.2 Å². The minimum absolute atomic E-state index is 0.322. The lowest BCUT2D eigenvalue weighted by atomic mass is 9.84. The number of nitrogens with zero attached hydrogens (tertiary/aromatic N) is 2. The second-order valence-electron chi connectivity index (χ2n) is 5.48. The first-order valence-corrected chi connectivity index (χ1v) is 6.35. The number of hydrogen-bond donors (Lipinski definition) is 1. The quantitative estimate of drug-likeness (QED) is 0.731. The lowest BCUT2D eigenvalue weighted by Crippen LogP contribution is -2.54. The van der Waals surface area contributed by atoms with Gasteiger partial charge in [-0.25, -0.2) is 0 Å². The van der Waals surface area contributed by atoms with Crippen LogP contribution < -0.4 is 5.73 Å². The second kappa shape index (κ2) is 4.81. The third-order valence-electron chi connectivity index (χ3n) is 3.98. The van der Waals surface area contributed by atoms with Crippen molar-refractivity contribution in [3.8, 4) is 0 Å². The van der Waals surface area contributed by atoms with Crippen LogP contribution in [0.15, 0.2) is 0 Å². The Labute approximate surface area is 93.6 Å². The molecule has 2 aliphatic rings. The van der Waals surface area contributed by atoms with Gasteiger partial charge in [0.2, 0.25) is 0 Å². The van der Waals surface area contributed by atoms with Crippen molar-refractivity contribution in [3.05, 3.63) is 0 Å². The fourth-order valence-electron chi connectivity index (χ4n) is 3.30. The minimum Gasteiger partial charge on any atom is -0.327 e. The standard InChI is InChI=1S/C12H25N3/c1-10(13)8-15-7-5-12-11(9-15)4-3-6-14(12)2/h10-12H,3-9,13H2,1-2H3/t10-,11?,12?/m1/s1. The Morgan fingerprint density at radius 1 is 1.33 bits per heavy atom. The van der Waals surface area contributed by atoms with Crippen molar-refractivity contribution in [2.45, 2.75) is 38.3 Å². The molecule has 3 heteroatoms. The van der Waals surface area contributed by atoms with Gasteiger partial charge < -0.3 is 15.5 Å². The van der Waals surface area contributed by atoms with Crippen LogP contribution in [0.3, 0.4) is 0 Å². The lowest BCUT2D eigenvalue weighted by molar-refractivity contribution is 0.0371. The Balaban J connectivity index is 1.88. The molecule has 0 radical (unpaired) electrons. The molecule has 2 saturated heterocycles. The molecule has 2 fully saturated rings. The molecular weight excluding hydrogens is 186 g/mol. The van der Waals surface area contributed by atoms with Gasteiger partial charge >= 0.3 is 0 Å². The molecule has 0 aliphatic carbocycles. The number of rotatable bonds is 2. The van der Waals surface area contributed by atoms with Gasteiger partial charge in [-0.15, -0.1) is 0 Å². The maximum atomic E-state index is 5.87. The zero-order chi connectivity index (χ0) is 10.8. The summed E-state index contributed by atoms with van der Waals surface area (Å²) < 4.78 is 0. The van der Waals surface area contributed by atoms with E-state index in [0.29, 0.717) is 6.04 Å². The maximum absolute atomic E-state index is 5.87. The molecule has 0 bridgehead atoms. The van der Waals surface area contributed by atoms with Crippen molar-refractivity contribution in [1.82, 2.24) is 9.80 Å². The summed E-state index contributed by atoms with van der Waals surface area (Å²) in [5.74, 6) is 0.899. The predicted molar refractivity (Wildman–Crippen MR) is 63.8 cm³/mol. The van der Waals surface area contributed by atoms with E-state index in [0.717, 1.165) is 18.5 Å². The van der Waals surface area contributed by atoms with E-state index in [9.17, 15) is 0 Å². The molecule has 2 unspecified atom stereocenters. The first kappa shape index (κ1) is 11.4. The fourth-order valence-corrected chi connectivity index (χ4v) is 3.30. The van der Waals surface area contributed by atoms with E-state index < -0.39 is 0 Å². The van der Waals surface area contributed by atoms with Crippen LogP contribution in [0.4, 0.5) is 0 Å². The Bertz CT molecular complexity index is 205. The van der Waals surface area contributed by atoms with Gasteiger partial charge in [0, 0.05) is 25.2 Å². The van der Waals surface area contributed by atoms with Crippen LogP contribution in [0.2, 0.25) is 0 Å². The number of nitrogens with two attached hydrogens (primary N) is 1. The van der Waals surface area contributed by atoms with Gasteiger partial charge in [0.25, 0.3) is 0 Å². The highest BCUT2D eigenvalue weighted by Crippen LogP contribution is 2.29. The summed E-state index contributed by atoms with van der Waals surface area (Å²) in [4.78, 5) is 5.13. The minimum atomic E-state index is 0.322. The van der Waals surface area contributed by atoms with Crippen LogP contribution in [0.1, 0.15) is 26.2 Å². The number of hydrogen-bond acceptors (Lipinski definition) is 3. The Kier molecular flexibility index (Phi) is 3.65. The highest BCUT2D eigenvalue weighted by Gasteiger charge is 2.33. The van der Waals surface area contributed by atoms with Crippen LogP contribution in [0.5, 0.6) is 0 Å². The highest BCUT2D eigenvalue weighted by atomic mass is 15.2. The van der Waals surface area contributed by atoms with E-state index in [1.54, 1.807) is 0 Å². The van der Waals surface area contributed by atoms with Crippen molar-refractivity contribution >= 4 is 0 Å². The Morgan fingerprint density at radius 3 is 2.87 bits per heavy atom. The van der Waals surface area contributed by atoms with E-state index >= 15 is 0 Å². The van der Waals surface area contributed by atoms with Crippen LogP contribution in [0, 0.1) is 5.92 Å². The van der Waals surface area contributed by atoms with Gasteiger partial charge in [-0.3, -0.25) is 0 Å². The van der Waals surface area contributed by atoms with Gasteiger partial charge in [-0.2, -0.15) is 0 Å². The Hall–Kier alpha value is -0.120. The normalized spacial score (nSPS) is 36.2. The third-order valence-corrected chi connectivity index (χ3v) is 3.98. The molecule has 2 aliphatic heterocycles.